The van der Waals surface area contributed by atoms with Gasteiger partial charge in [0.15, 0.2) is 0 Å². The smallest absolute Gasteiger partial charge is 0.241 e. The number of nitrogens with zero attached hydrogens (tertiary/aromatic N) is 6. The van der Waals surface area contributed by atoms with Crippen LogP contribution in [0.3, 0.4) is 0 Å². The molecule has 0 amide bonds. The number of anilines is 2. The molecule has 0 unspecified atom stereocenters. The molecule has 3 rings (SSSR count). The number of hydrogen-bond acceptors (Lipinski definition) is 7. The Morgan fingerprint density at radius 1 is 1.12 bits per heavy atom. The zero-order chi connectivity index (χ0) is 17.8. The van der Waals surface area contributed by atoms with Crippen molar-refractivity contribution in [2.75, 3.05) is 44.2 Å². The zero-order valence-corrected chi connectivity index (χ0v) is 15.1. The van der Waals surface area contributed by atoms with Crippen molar-refractivity contribution < 1.29 is 0 Å². The van der Waals surface area contributed by atoms with Crippen LogP contribution >= 0.6 is 0 Å². The van der Waals surface area contributed by atoms with E-state index in [1.165, 1.54) is 17.8 Å². The van der Waals surface area contributed by atoms with Crippen LogP contribution in [0.1, 0.15) is 26.0 Å². The summed E-state index contributed by atoms with van der Waals surface area (Å²) in [7, 11) is 0. The molecule has 8 nitrogen and oxygen atoms in total. The second-order valence-corrected chi connectivity index (χ2v) is 6.82. The Hall–Kier alpha value is -2.19. The fraction of sp³-hybridized carbons (Fsp3) is 0.588. The van der Waals surface area contributed by atoms with Crippen molar-refractivity contribution in [3.05, 3.63) is 24.0 Å². The number of aryl methyl sites for hydroxylation is 1. The van der Waals surface area contributed by atoms with Crippen LogP contribution in [0.4, 0.5) is 11.9 Å². The van der Waals surface area contributed by atoms with E-state index < -0.39 is 0 Å². The van der Waals surface area contributed by atoms with Crippen LogP contribution in [0.25, 0.3) is 5.69 Å². The minimum absolute atomic E-state index is 0.166. The molecule has 1 aliphatic heterocycles. The van der Waals surface area contributed by atoms with Crippen LogP contribution in [0.15, 0.2) is 18.3 Å². The Balaban J connectivity index is 1.46. The van der Waals surface area contributed by atoms with Gasteiger partial charge in [0, 0.05) is 37.9 Å². The summed E-state index contributed by atoms with van der Waals surface area (Å²) in [4.78, 5) is 13.5. The summed E-state index contributed by atoms with van der Waals surface area (Å²) >= 11 is 0. The standard InChI is InChI=1S/C17H28N8/c1-13(2)24-10-8-23(9-11-24)7-3-4-14-5-6-15(12-20-14)25-17(19)21-16(18)22-25/h5-6,12-13H,3-4,7-11H2,1-2H3,(H4,18,19,21,22). The Kier molecular flexibility index (Phi) is 5.50. The fourth-order valence-electron chi connectivity index (χ4n) is 3.21. The van der Waals surface area contributed by atoms with Crippen molar-refractivity contribution in [1.29, 1.82) is 0 Å². The highest BCUT2D eigenvalue weighted by atomic mass is 15.4. The Labute approximate surface area is 148 Å². The molecular weight excluding hydrogens is 316 g/mol. The molecule has 0 saturated carbocycles. The second kappa shape index (κ2) is 7.79. The molecule has 0 aliphatic carbocycles. The quantitative estimate of drug-likeness (QED) is 0.798. The average molecular weight is 344 g/mol. The van der Waals surface area contributed by atoms with Gasteiger partial charge in [-0.15, -0.1) is 5.10 Å². The van der Waals surface area contributed by atoms with Crippen molar-refractivity contribution in [2.24, 2.45) is 0 Å². The van der Waals surface area contributed by atoms with E-state index in [0.29, 0.717) is 6.04 Å². The highest BCUT2D eigenvalue weighted by Gasteiger charge is 2.18. The predicted octanol–water partition coefficient (Wildman–Crippen LogP) is 0.785. The van der Waals surface area contributed by atoms with Crippen LogP contribution in [0, 0.1) is 0 Å². The second-order valence-electron chi connectivity index (χ2n) is 6.82. The third kappa shape index (κ3) is 4.46. The van der Waals surface area contributed by atoms with Gasteiger partial charge in [0.25, 0.3) is 0 Å². The van der Waals surface area contributed by atoms with Crippen molar-refractivity contribution in [2.45, 2.75) is 32.7 Å². The van der Waals surface area contributed by atoms with Crippen LogP contribution in [-0.2, 0) is 6.42 Å². The van der Waals surface area contributed by atoms with Crippen molar-refractivity contribution >= 4 is 11.9 Å². The number of hydrogen-bond donors (Lipinski definition) is 2. The number of aromatic nitrogens is 4. The SMILES string of the molecule is CC(C)N1CCN(CCCc2ccc(-n3nc(N)nc3N)cn2)CC1. The minimum Gasteiger partial charge on any atom is -0.368 e. The first-order valence-electron chi connectivity index (χ1n) is 8.92. The third-order valence-electron chi connectivity index (χ3n) is 4.75. The highest BCUT2D eigenvalue weighted by Crippen LogP contribution is 2.13. The minimum atomic E-state index is 0.166. The third-order valence-corrected chi connectivity index (χ3v) is 4.75. The van der Waals surface area contributed by atoms with Gasteiger partial charge in [0.2, 0.25) is 11.9 Å². The van der Waals surface area contributed by atoms with Gasteiger partial charge in [-0.25, -0.2) is 0 Å². The Morgan fingerprint density at radius 3 is 2.44 bits per heavy atom. The molecule has 0 radical (unpaired) electrons. The summed E-state index contributed by atoms with van der Waals surface area (Å²) in [6, 6.07) is 4.62. The Bertz CT molecular complexity index is 670. The van der Waals surface area contributed by atoms with Gasteiger partial charge in [-0.05, 0) is 45.4 Å². The lowest BCUT2D eigenvalue weighted by atomic mass is 10.2. The molecule has 4 N–H and O–H groups in total. The van der Waals surface area contributed by atoms with Gasteiger partial charge in [-0.3, -0.25) is 9.88 Å². The van der Waals surface area contributed by atoms with Gasteiger partial charge < -0.3 is 16.4 Å². The number of piperazine rings is 1. The number of rotatable bonds is 6. The van der Waals surface area contributed by atoms with Crippen molar-refractivity contribution in [3.63, 3.8) is 0 Å². The maximum Gasteiger partial charge on any atom is 0.241 e. The molecule has 8 heteroatoms. The first-order valence-corrected chi connectivity index (χ1v) is 8.92. The van der Waals surface area contributed by atoms with E-state index in [4.69, 9.17) is 11.5 Å². The van der Waals surface area contributed by atoms with Crippen LogP contribution in [-0.4, -0.2) is 68.3 Å². The monoisotopic (exact) mass is 344 g/mol. The molecule has 3 heterocycles. The first-order chi connectivity index (χ1) is 12.0. The zero-order valence-electron chi connectivity index (χ0n) is 15.1. The first kappa shape index (κ1) is 17.6. The molecule has 0 aromatic carbocycles. The normalized spacial score (nSPS) is 16.6. The summed E-state index contributed by atoms with van der Waals surface area (Å²) in [5.74, 6) is 0.437. The van der Waals surface area contributed by atoms with E-state index in [-0.39, 0.29) is 11.9 Å². The molecule has 25 heavy (non-hydrogen) atoms. The lowest BCUT2D eigenvalue weighted by molar-refractivity contribution is 0.108. The molecule has 1 saturated heterocycles. The summed E-state index contributed by atoms with van der Waals surface area (Å²) in [5.41, 5.74) is 13.2. The molecule has 0 atom stereocenters. The molecule has 2 aromatic rings. The van der Waals surface area contributed by atoms with E-state index in [1.807, 2.05) is 12.1 Å². The molecular formula is C17H28N8. The lowest BCUT2D eigenvalue weighted by Gasteiger charge is -2.36. The molecule has 136 valence electrons. The van der Waals surface area contributed by atoms with E-state index in [9.17, 15) is 0 Å². The largest absolute Gasteiger partial charge is 0.368 e. The van der Waals surface area contributed by atoms with E-state index in [1.54, 1.807) is 6.20 Å². The van der Waals surface area contributed by atoms with E-state index in [2.05, 4.69) is 38.7 Å². The van der Waals surface area contributed by atoms with E-state index in [0.717, 1.165) is 43.9 Å². The summed E-state index contributed by atoms with van der Waals surface area (Å²) < 4.78 is 1.50. The topological polar surface area (TPSA) is 102 Å². The summed E-state index contributed by atoms with van der Waals surface area (Å²) in [5, 5.41) is 4.06. The molecule has 2 aromatic heterocycles. The lowest BCUT2D eigenvalue weighted by Crippen LogP contribution is -2.48. The molecule has 0 bridgehead atoms. The van der Waals surface area contributed by atoms with Gasteiger partial charge >= 0.3 is 0 Å². The predicted molar refractivity (Wildman–Crippen MR) is 99.4 cm³/mol. The van der Waals surface area contributed by atoms with Crippen LogP contribution in [0.2, 0.25) is 0 Å². The van der Waals surface area contributed by atoms with Crippen LogP contribution in [0.5, 0.6) is 0 Å². The summed E-state index contributed by atoms with van der Waals surface area (Å²) in [6.07, 6.45) is 3.85. The van der Waals surface area contributed by atoms with Gasteiger partial charge in [-0.2, -0.15) is 9.67 Å². The van der Waals surface area contributed by atoms with Gasteiger partial charge in [0.1, 0.15) is 0 Å². The fourth-order valence-corrected chi connectivity index (χ4v) is 3.21. The molecule has 1 fully saturated rings. The number of nitrogens with two attached hydrogens (primary N) is 2. The maximum atomic E-state index is 5.78. The van der Waals surface area contributed by atoms with Crippen LogP contribution < -0.4 is 11.5 Å². The average Bonchev–Trinajstić information content (AvgIpc) is 2.94. The van der Waals surface area contributed by atoms with Crippen molar-refractivity contribution in [3.8, 4) is 5.69 Å². The van der Waals surface area contributed by atoms with Gasteiger partial charge in [-0.1, -0.05) is 0 Å². The maximum absolute atomic E-state index is 5.78. The number of nitrogen functional groups attached to an aromatic ring is 2. The molecule has 1 aliphatic rings. The summed E-state index contributed by atoms with van der Waals surface area (Å²) in [6.45, 7) is 10.3. The van der Waals surface area contributed by atoms with Crippen molar-refractivity contribution in [1.82, 2.24) is 29.5 Å². The Morgan fingerprint density at radius 2 is 1.88 bits per heavy atom. The van der Waals surface area contributed by atoms with E-state index >= 15 is 0 Å². The molecule has 0 spiro atoms. The number of pyridine rings is 1. The highest BCUT2D eigenvalue weighted by molar-refractivity contribution is 5.39. The van der Waals surface area contributed by atoms with Gasteiger partial charge in [0.05, 0.1) is 11.9 Å².